The van der Waals surface area contributed by atoms with Gasteiger partial charge in [-0.25, -0.2) is 4.79 Å². The highest BCUT2D eigenvalue weighted by atomic mass is 79.9. The van der Waals surface area contributed by atoms with Crippen molar-refractivity contribution in [1.29, 1.82) is 0 Å². The predicted octanol–water partition coefficient (Wildman–Crippen LogP) is 5.07. The Balaban J connectivity index is 1.52. The molecule has 0 saturated heterocycles. The summed E-state index contributed by atoms with van der Waals surface area (Å²) in [6.45, 7) is 0. The first-order valence-corrected chi connectivity index (χ1v) is 10.4. The summed E-state index contributed by atoms with van der Waals surface area (Å²) >= 11 is 8.53. The summed E-state index contributed by atoms with van der Waals surface area (Å²) in [6.07, 6.45) is 5.36. The molecule has 0 spiro atoms. The highest BCUT2D eigenvalue weighted by Gasteiger charge is 2.18. The second kappa shape index (κ2) is 9.80. The number of thiocarbonyl (C=S) groups is 1. The molecule has 1 aliphatic carbocycles. The van der Waals surface area contributed by atoms with Crippen molar-refractivity contribution in [2.75, 3.05) is 5.32 Å². The average Bonchev–Trinajstić information content (AvgIpc) is 2.69. The molecule has 0 aromatic heterocycles. The number of anilines is 1. The van der Waals surface area contributed by atoms with E-state index in [9.17, 15) is 9.59 Å². The molecule has 1 saturated carbocycles. The van der Waals surface area contributed by atoms with Gasteiger partial charge in [-0.05, 0) is 80.4 Å². The summed E-state index contributed by atoms with van der Waals surface area (Å²) in [5.41, 5.74) is 1.67. The molecule has 28 heavy (non-hydrogen) atoms. The Morgan fingerprint density at radius 3 is 2.39 bits per heavy atom. The molecule has 0 unspecified atom stereocenters. The average molecular weight is 461 g/mol. The van der Waals surface area contributed by atoms with Crippen LogP contribution in [-0.4, -0.2) is 23.1 Å². The number of hydrogen-bond donors (Lipinski definition) is 2. The van der Waals surface area contributed by atoms with E-state index >= 15 is 0 Å². The lowest BCUT2D eigenvalue weighted by molar-refractivity contribution is 0.0211. The number of halogens is 1. The highest BCUT2D eigenvalue weighted by Crippen LogP contribution is 2.22. The smallest absolute Gasteiger partial charge is 0.338 e. The zero-order valence-electron chi connectivity index (χ0n) is 15.2. The van der Waals surface area contributed by atoms with Crippen LogP contribution in [0.2, 0.25) is 0 Å². The summed E-state index contributed by atoms with van der Waals surface area (Å²) < 4.78 is 6.38. The number of carbonyl (C=O) groups is 2. The van der Waals surface area contributed by atoms with E-state index in [1.165, 1.54) is 6.42 Å². The Labute approximate surface area is 178 Å². The van der Waals surface area contributed by atoms with Crippen LogP contribution in [0.3, 0.4) is 0 Å². The number of amides is 1. The molecule has 3 rings (SSSR count). The molecule has 0 heterocycles. The fourth-order valence-corrected chi connectivity index (χ4v) is 3.67. The van der Waals surface area contributed by atoms with Crippen molar-refractivity contribution in [3.05, 3.63) is 64.1 Å². The molecule has 1 fully saturated rings. The standard InChI is InChI=1S/C21H21BrN2O3S/c22-16-6-4-5-15(13-16)19(25)24-21(28)23-17-11-9-14(10-12-17)20(26)27-18-7-2-1-3-8-18/h4-6,9-13,18H,1-3,7-8H2,(H2,23,24,25,28). The maximum atomic E-state index is 12.2. The van der Waals surface area contributed by atoms with E-state index in [-0.39, 0.29) is 23.1 Å². The molecule has 5 nitrogen and oxygen atoms in total. The predicted molar refractivity (Wildman–Crippen MR) is 117 cm³/mol. The van der Waals surface area contributed by atoms with Gasteiger partial charge in [-0.2, -0.15) is 0 Å². The Hall–Kier alpha value is -2.25. The van der Waals surface area contributed by atoms with Crippen molar-refractivity contribution in [1.82, 2.24) is 5.32 Å². The first-order valence-electron chi connectivity index (χ1n) is 9.20. The van der Waals surface area contributed by atoms with Crippen LogP contribution in [0.5, 0.6) is 0 Å². The minimum atomic E-state index is -0.302. The van der Waals surface area contributed by atoms with Gasteiger partial charge < -0.3 is 10.1 Å². The SMILES string of the molecule is O=C(NC(=S)Nc1ccc(C(=O)OC2CCCCC2)cc1)c1cccc(Br)c1. The molecule has 2 N–H and O–H groups in total. The summed E-state index contributed by atoms with van der Waals surface area (Å²) in [5, 5.41) is 5.76. The molecular weight excluding hydrogens is 440 g/mol. The van der Waals surface area contributed by atoms with Crippen molar-refractivity contribution in [3.8, 4) is 0 Å². The van der Waals surface area contributed by atoms with Crippen LogP contribution in [0.1, 0.15) is 52.8 Å². The molecule has 2 aromatic carbocycles. The van der Waals surface area contributed by atoms with Crippen LogP contribution >= 0.6 is 28.1 Å². The quantitative estimate of drug-likeness (QED) is 0.492. The molecule has 0 bridgehead atoms. The van der Waals surface area contributed by atoms with Crippen molar-refractivity contribution in [3.63, 3.8) is 0 Å². The summed E-state index contributed by atoms with van der Waals surface area (Å²) in [7, 11) is 0. The van der Waals surface area contributed by atoms with E-state index in [1.54, 1.807) is 42.5 Å². The minimum absolute atomic E-state index is 0.0277. The molecule has 7 heteroatoms. The monoisotopic (exact) mass is 460 g/mol. The van der Waals surface area contributed by atoms with Gasteiger partial charge in [-0.3, -0.25) is 10.1 Å². The fraction of sp³-hybridized carbons (Fsp3) is 0.286. The minimum Gasteiger partial charge on any atom is -0.459 e. The first-order chi connectivity index (χ1) is 13.5. The Morgan fingerprint density at radius 2 is 1.71 bits per heavy atom. The molecule has 0 atom stereocenters. The van der Waals surface area contributed by atoms with Crippen LogP contribution in [-0.2, 0) is 4.74 Å². The van der Waals surface area contributed by atoms with Gasteiger partial charge in [0.2, 0.25) is 0 Å². The van der Waals surface area contributed by atoms with Crippen LogP contribution in [0, 0.1) is 0 Å². The number of nitrogens with one attached hydrogen (secondary N) is 2. The zero-order valence-corrected chi connectivity index (χ0v) is 17.6. The van der Waals surface area contributed by atoms with Crippen molar-refractivity contribution in [2.24, 2.45) is 0 Å². The molecule has 0 aliphatic heterocycles. The van der Waals surface area contributed by atoms with Crippen molar-refractivity contribution >= 4 is 50.8 Å². The lowest BCUT2D eigenvalue weighted by Crippen LogP contribution is -2.34. The Kier molecular flexibility index (Phi) is 7.17. The van der Waals surface area contributed by atoms with E-state index in [4.69, 9.17) is 17.0 Å². The normalized spacial score (nSPS) is 14.2. The maximum absolute atomic E-state index is 12.2. The second-order valence-corrected chi connectivity index (χ2v) is 7.99. The van der Waals surface area contributed by atoms with Gasteiger partial charge >= 0.3 is 5.97 Å². The second-order valence-electron chi connectivity index (χ2n) is 6.66. The Bertz CT molecular complexity index is 864. The lowest BCUT2D eigenvalue weighted by Gasteiger charge is -2.21. The van der Waals surface area contributed by atoms with Gasteiger partial charge in [0, 0.05) is 15.7 Å². The van der Waals surface area contributed by atoms with Gasteiger partial charge in [-0.15, -0.1) is 0 Å². The topological polar surface area (TPSA) is 67.4 Å². The van der Waals surface area contributed by atoms with E-state index in [2.05, 4.69) is 26.6 Å². The zero-order chi connectivity index (χ0) is 19.9. The molecule has 2 aromatic rings. The third kappa shape index (κ3) is 5.87. The van der Waals surface area contributed by atoms with Crippen molar-refractivity contribution < 1.29 is 14.3 Å². The third-order valence-electron chi connectivity index (χ3n) is 4.52. The highest BCUT2D eigenvalue weighted by molar-refractivity contribution is 9.10. The molecular formula is C21H21BrN2O3S. The number of hydrogen-bond acceptors (Lipinski definition) is 4. The lowest BCUT2D eigenvalue weighted by atomic mass is 9.98. The molecule has 1 aliphatic rings. The fourth-order valence-electron chi connectivity index (χ4n) is 3.06. The summed E-state index contributed by atoms with van der Waals surface area (Å²) in [4.78, 5) is 24.5. The molecule has 146 valence electrons. The molecule has 1 amide bonds. The maximum Gasteiger partial charge on any atom is 0.338 e. The van der Waals surface area contributed by atoms with E-state index in [0.717, 1.165) is 30.2 Å². The largest absolute Gasteiger partial charge is 0.459 e. The number of carbonyl (C=O) groups excluding carboxylic acids is 2. The number of ether oxygens (including phenoxy) is 1. The van der Waals surface area contributed by atoms with E-state index < -0.39 is 0 Å². The third-order valence-corrected chi connectivity index (χ3v) is 5.22. The van der Waals surface area contributed by atoms with Crippen LogP contribution < -0.4 is 10.6 Å². The van der Waals surface area contributed by atoms with E-state index in [0.29, 0.717) is 16.8 Å². The number of benzene rings is 2. The van der Waals surface area contributed by atoms with Crippen LogP contribution in [0.4, 0.5) is 5.69 Å². The van der Waals surface area contributed by atoms with Gasteiger partial charge in [0.1, 0.15) is 6.10 Å². The van der Waals surface area contributed by atoms with Gasteiger partial charge in [0.05, 0.1) is 5.56 Å². The van der Waals surface area contributed by atoms with Crippen LogP contribution in [0.15, 0.2) is 53.0 Å². The van der Waals surface area contributed by atoms with Gasteiger partial charge in [0.15, 0.2) is 5.11 Å². The van der Waals surface area contributed by atoms with Gasteiger partial charge in [0.25, 0.3) is 5.91 Å². The number of esters is 1. The number of rotatable bonds is 4. The summed E-state index contributed by atoms with van der Waals surface area (Å²) in [6, 6.07) is 13.9. The first kappa shape index (κ1) is 20.5. The Morgan fingerprint density at radius 1 is 1.00 bits per heavy atom. The van der Waals surface area contributed by atoms with Crippen LogP contribution in [0.25, 0.3) is 0 Å². The van der Waals surface area contributed by atoms with Crippen molar-refractivity contribution in [2.45, 2.75) is 38.2 Å². The van der Waals surface area contributed by atoms with Gasteiger partial charge in [-0.1, -0.05) is 28.4 Å². The van der Waals surface area contributed by atoms with E-state index in [1.807, 2.05) is 6.07 Å². The molecule has 0 radical (unpaired) electrons. The summed E-state index contributed by atoms with van der Waals surface area (Å²) in [5.74, 6) is -0.601.